The minimum absolute atomic E-state index is 0.194. The molecule has 0 heterocycles. The SMILES string of the molecule is CCCC(C)Oc1ccc2ccccc2c1C#CCN. The van der Waals surface area contributed by atoms with Gasteiger partial charge in [-0.05, 0) is 24.8 Å². The van der Waals surface area contributed by atoms with E-state index in [1.807, 2.05) is 18.2 Å². The Kier molecular flexibility index (Phi) is 5.03. The first-order valence-corrected chi connectivity index (χ1v) is 7.13. The Balaban J connectivity index is 2.47. The molecule has 2 aromatic rings. The third-order valence-electron chi connectivity index (χ3n) is 3.23. The van der Waals surface area contributed by atoms with Crippen LogP contribution in [0.5, 0.6) is 5.75 Å². The van der Waals surface area contributed by atoms with Crippen LogP contribution in [0.1, 0.15) is 32.3 Å². The van der Waals surface area contributed by atoms with Crippen molar-refractivity contribution in [1.82, 2.24) is 0 Å². The molecule has 2 nitrogen and oxygen atoms in total. The summed E-state index contributed by atoms with van der Waals surface area (Å²) in [4.78, 5) is 0. The molecule has 1 unspecified atom stereocenters. The van der Waals surface area contributed by atoms with Crippen LogP contribution in [-0.4, -0.2) is 12.6 Å². The molecule has 2 aromatic carbocycles. The van der Waals surface area contributed by atoms with Crippen molar-refractivity contribution in [2.45, 2.75) is 32.8 Å². The van der Waals surface area contributed by atoms with Crippen LogP contribution >= 0.6 is 0 Å². The molecule has 0 radical (unpaired) electrons. The highest BCUT2D eigenvalue weighted by Crippen LogP contribution is 2.28. The first-order valence-electron chi connectivity index (χ1n) is 7.13. The number of fused-ring (bicyclic) bond motifs is 1. The maximum Gasteiger partial charge on any atom is 0.135 e. The molecule has 0 saturated carbocycles. The van der Waals surface area contributed by atoms with Crippen LogP contribution in [0.15, 0.2) is 36.4 Å². The smallest absolute Gasteiger partial charge is 0.135 e. The lowest BCUT2D eigenvalue weighted by Gasteiger charge is -2.16. The summed E-state index contributed by atoms with van der Waals surface area (Å²) in [5.41, 5.74) is 6.45. The number of benzene rings is 2. The summed E-state index contributed by atoms with van der Waals surface area (Å²) >= 11 is 0. The lowest BCUT2D eigenvalue weighted by Crippen LogP contribution is -2.12. The van der Waals surface area contributed by atoms with Gasteiger partial charge in [0.2, 0.25) is 0 Å². The highest BCUT2D eigenvalue weighted by Gasteiger charge is 2.09. The summed E-state index contributed by atoms with van der Waals surface area (Å²) in [6, 6.07) is 12.3. The fourth-order valence-electron chi connectivity index (χ4n) is 2.30. The van der Waals surface area contributed by atoms with Crippen molar-refractivity contribution in [2.75, 3.05) is 6.54 Å². The zero-order chi connectivity index (χ0) is 14.4. The quantitative estimate of drug-likeness (QED) is 0.857. The molecular weight excluding hydrogens is 246 g/mol. The molecule has 0 bridgehead atoms. The molecule has 0 aromatic heterocycles. The van der Waals surface area contributed by atoms with E-state index >= 15 is 0 Å². The summed E-state index contributed by atoms with van der Waals surface area (Å²) in [6.07, 6.45) is 2.34. The first-order chi connectivity index (χ1) is 9.76. The van der Waals surface area contributed by atoms with Gasteiger partial charge < -0.3 is 10.5 Å². The fourth-order valence-corrected chi connectivity index (χ4v) is 2.30. The molecule has 0 fully saturated rings. The van der Waals surface area contributed by atoms with Crippen LogP contribution < -0.4 is 10.5 Å². The fraction of sp³-hybridized carbons (Fsp3) is 0.333. The minimum Gasteiger partial charge on any atom is -0.489 e. The van der Waals surface area contributed by atoms with Gasteiger partial charge >= 0.3 is 0 Å². The highest BCUT2D eigenvalue weighted by molar-refractivity contribution is 5.90. The van der Waals surface area contributed by atoms with Crippen LogP contribution in [0, 0.1) is 11.8 Å². The average Bonchev–Trinajstić information content (AvgIpc) is 2.46. The monoisotopic (exact) mass is 267 g/mol. The Morgan fingerprint density at radius 3 is 2.75 bits per heavy atom. The molecule has 2 heteroatoms. The summed E-state index contributed by atoms with van der Waals surface area (Å²) in [5, 5.41) is 2.29. The van der Waals surface area contributed by atoms with Crippen molar-refractivity contribution < 1.29 is 4.74 Å². The predicted molar refractivity (Wildman–Crippen MR) is 84.9 cm³/mol. The number of hydrogen-bond donors (Lipinski definition) is 1. The van der Waals surface area contributed by atoms with Crippen molar-refractivity contribution in [1.29, 1.82) is 0 Å². The largest absolute Gasteiger partial charge is 0.489 e. The van der Waals surface area contributed by atoms with Gasteiger partial charge in [-0.3, -0.25) is 0 Å². The van der Waals surface area contributed by atoms with Gasteiger partial charge in [0.1, 0.15) is 5.75 Å². The van der Waals surface area contributed by atoms with E-state index in [-0.39, 0.29) is 6.10 Å². The van der Waals surface area contributed by atoms with Crippen molar-refractivity contribution in [3.63, 3.8) is 0 Å². The van der Waals surface area contributed by atoms with E-state index in [0.717, 1.165) is 29.5 Å². The zero-order valence-electron chi connectivity index (χ0n) is 12.1. The maximum atomic E-state index is 6.05. The normalized spacial score (nSPS) is 11.8. The Labute approximate surface area is 120 Å². The lowest BCUT2D eigenvalue weighted by atomic mass is 10.0. The molecule has 0 spiro atoms. The van der Waals surface area contributed by atoms with Crippen molar-refractivity contribution in [3.05, 3.63) is 42.0 Å². The Bertz CT molecular complexity index is 637. The van der Waals surface area contributed by atoms with E-state index in [4.69, 9.17) is 10.5 Å². The Hall–Kier alpha value is -1.98. The van der Waals surface area contributed by atoms with Gasteiger partial charge in [-0.25, -0.2) is 0 Å². The second kappa shape index (κ2) is 6.98. The number of ether oxygens (including phenoxy) is 1. The van der Waals surface area contributed by atoms with E-state index in [1.165, 1.54) is 5.39 Å². The second-order valence-corrected chi connectivity index (χ2v) is 4.88. The van der Waals surface area contributed by atoms with Crippen molar-refractivity contribution in [2.24, 2.45) is 5.73 Å². The van der Waals surface area contributed by atoms with Crippen molar-refractivity contribution >= 4 is 10.8 Å². The number of rotatable bonds is 4. The summed E-state index contributed by atoms with van der Waals surface area (Å²) in [6.45, 7) is 4.61. The zero-order valence-corrected chi connectivity index (χ0v) is 12.1. The standard InChI is InChI=1S/C18H21NO/c1-3-7-14(2)20-18-12-11-15-8-4-5-9-16(15)17(18)10-6-13-19/h4-5,8-9,11-12,14H,3,7,13,19H2,1-2H3. The van der Waals surface area contributed by atoms with Crippen LogP contribution in [0.25, 0.3) is 10.8 Å². The predicted octanol–water partition coefficient (Wildman–Crippen LogP) is 3.72. The Morgan fingerprint density at radius 2 is 2.00 bits per heavy atom. The van der Waals surface area contributed by atoms with Gasteiger partial charge in [-0.2, -0.15) is 0 Å². The molecule has 0 saturated heterocycles. The van der Waals surface area contributed by atoms with Gasteiger partial charge in [0, 0.05) is 5.39 Å². The summed E-state index contributed by atoms with van der Waals surface area (Å²) in [5.74, 6) is 6.96. The van der Waals surface area contributed by atoms with E-state index in [0.29, 0.717) is 6.54 Å². The molecule has 104 valence electrons. The molecule has 0 amide bonds. The van der Waals surface area contributed by atoms with Crippen LogP contribution in [0.3, 0.4) is 0 Å². The van der Waals surface area contributed by atoms with Crippen LogP contribution in [0.4, 0.5) is 0 Å². The highest BCUT2D eigenvalue weighted by atomic mass is 16.5. The van der Waals surface area contributed by atoms with Gasteiger partial charge in [0.25, 0.3) is 0 Å². The molecule has 2 rings (SSSR count). The lowest BCUT2D eigenvalue weighted by molar-refractivity contribution is 0.209. The third kappa shape index (κ3) is 3.31. The summed E-state index contributed by atoms with van der Waals surface area (Å²) < 4.78 is 6.05. The van der Waals surface area contributed by atoms with E-state index in [9.17, 15) is 0 Å². The molecular formula is C18H21NO. The number of nitrogens with two attached hydrogens (primary N) is 1. The Morgan fingerprint density at radius 1 is 1.20 bits per heavy atom. The van der Waals surface area contributed by atoms with Gasteiger partial charge in [-0.1, -0.05) is 55.5 Å². The second-order valence-electron chi connectivity index (χ2n) is 4.88. The first kappa shape index (κ1) is 14.4. The number of hydrogen-bond acceptors (Lipinski definition) is 2. The molecule has 0 aliphatic rings. The molecule has 2 N–H and O–H groups in total. The summed E-state index contributed by atoms with van der Waals surface area (Å²) in [7, 11) is 0. The average molecular weight is 267 g/mol. The van der Waals surface area contributed by atoms with E-state index < -0.39 is 0 Å². The topological polar surface area (TPSA) is 35.2 Å². The molecule has 1 atom stereocenters. The third-order valence-corrected chi connectivity index (χ3v) is 3.23. The molecule has 0 aliphatic carbocycles. The van der Waals surface area contributed by atoms with Crippen LogP contribution in [0.2, 0.25) is 0 Å². The van der Waals surface area contributed by atoms with Crippen LogP contribution in [-0.2, 0) is 0 Å². The van der Waals surface area contributed by atoms with E-state index in [2.05, 4.69) is 43.9 Å². The van der Waals surface area contributed by atoms with Gasteiger partial charge in [0.15, 0.2) is 0 Å². The molecule has 20 heavy (non-hydrogen) atoms. The van der Waals surface area contributed by atoms with Gasteiger partial charge in [-0.15, -0.1) is 0 Å². The van der Waals surface area contributed by atoms with Crippen molar-refractivity contribution in [3.8, 4) is 17.6 Å². The maximum absolute atomic E-state index is 6.05. The van der Waals surface area contributed by atoms with Gasteiger partial charge in [0.05, 0.1) is 18.2 Å². The van der Waals surface area contributed by atoms with E-state index in [1.54, 1.807) is 0 Å². The minimum atomic E-state index is 0.194. The molecule has 0 aliphatic heterocycles.